The summed E-state index contributed by atoms with van der Waals surface area (Å²) in [6, 6.07) is 15.6. The largest absolute Gasteiger partial charge is 0.355 e. The van der Waals surface area contributed by atoms with E-state index in [1.165, 1.54) is 0 Å². The number of benzene rings is 1. The molecule has 3 rings (SSSR count). The number of amides is 2. The summed E-state index contributed by atoms with van der Waals surface area (Å²) in [5, 5.41) is 6.22. The van der Waals surface area contributed by atoms with Crippen LogP contribution in [0.1, 0.15) is 36.6 Å². The fraction of sp³-hybridized carbons (Fsp3) is 0.381. The van der Waals surface area contributed by atoms with Gasteiger partial charge in [0.05, 0.1) is 18.3 Å². The average Bonchev–Trinajstić information content (AvgIpc) is 3.12. The summed E-state index contributed by atoms with van der Waals surface area (Å²) in [7, 11) is 0. The molecule has 0 aliphatic carbocycles. The minimum absolute atomic E-state index is 0.0559. The molecule has 6 nitrogen and oxygen atoms in total. The molecule has 1 aromatic carbocycles. The quantitative estimate of drug-likeness (QED) is 0.665. The molecule has 2 heterocycles. The average molecular weight is 366 g/mol. The Kier molecular flexibility index (Phi) is 6.93. The van der Waals surface area contributed by atoms with E-state index >= 15 is 0 Å². The van der Waals surface area contributed by atoms with Gasteiger partial charge >= 0.3 is 0 Å². The zero-order valence-electron chi connectivity index (χ0n) is 15.4. The monoisotopic (exact) mass is 366 g/mol. The molecule has 142 valence electrons. The minimum atomic E-state index is -0.139. The van der Waals surface area contributed by atoms with Crippen molar-refractivity contribution >= 4 is 11.8 Å². The smallest absolute Gasteiger partial charge is 0.233 e. The Morgan fingerprint density at radius 1 is 1.15 bits per heavy atom. The first-order valence-corrected chi connectivity index (χ1v) is 9.48. The number of likely N-dealkylation sites (tertiary alicyclic amines) is 1. The third-order valence-corrected chi connectivity index (χ3v) is 4.68. The van der Waals surface area contributed by atoms with Crippen LogP contribution in [-0.2, 0) is 9.59 Å². The number of aromatic nitrogens is 1. The van der Waals surface area contributed by atoms with E-state index in [9.17, 15) is 9.59 Å². The SMILES string of the molecule is O=C(CNC(c1ccccc1)c1ccccn1)NCCCN1CCCC1=O. The van der Waals surface area contributed by atoms with Crippen LogP contribution in [-0.4, -0.2) is 47.9 Å². The Morgan fingerprint density at radius 2 is 1.96 bits per heavy atom. The Labute approximate surface area is 160 Å². The van der Waals surface area contributed by atoms with E-state index in [1.54, 1.807) is 6.20 Å². The lowest BCUT2D eigenvalue weighted by Crippen LogP contribution is -2.37. The molecule has 2 aromatic rings. The third-order valence-electron chi connectivity index (χ3n) is 4.68. The van der Waals surface area contributed by atoms with Crippen molar-refractivity contribution in [1.82, 2.24) is 20.5 Å². The van der Waals surface area contributed by atoms with Crippen LogP contribution in [0.15, 0.2) is 54.7 Å². The van der Waals surface area contributed by atoms with E-state index in [0.29, 0.717) is 19.5 Å². The number of carbonyl (C=O) groups is 2. The predicted molar refractivity (Wildman–Crippen MR) is 104 cm³/mol. The minimum Gasteiger partial charge on any atom is -0.355 e. The second-order valence-corrected chi connectivity index (χ2v) is 6.67. The van der Waals surface area contributed by atoms with Crippen LogP contribution in [0.2, 0.25) is 0 Å². The number of hydrogen-bond acceptors (Lipinski definition) is 4. The first-order valence-electron chi connectivity index (χ1n) is 9.48. The third kappa shape index (κ3) is 5.62. The van der Waals surface area contributed by atoms with Crippen molar-refractivity contribution in [2.45, 2.75) is 25.3 Å². The molecule has 6 heteroatoms. The van der Waals surface area contributed by atoms with Gasteiger partial charge in [-0.3, -0.25) is 19.9 Å². The molecule has 1 atom stereocenters. The van der Waals surface area contributed by atoms with Gasteiger partial charge in [0.1, 0.15) is 0 Å². The van der Waals surface area contributed by atoms with E-state index in [2.05, 4.69) is 15.6 Å². The summed E-state index contributed by atoms with van der Waals surface area (Å²) in [6.07, 6.45) is 4.14. The van der Waals surface area contributed by atoms with Gasteiger partial charge in [-0.25, -0.2) is 0 Å². The van der Waals surface area contributed by atoms with Crippen LogP contribution in [0.4, 0.5) is 0 Å². The molecule has 27 heavy (non-hydrogen) atoms. The Hall–Kier alpha value is -2.73. The molecule has 0 saturated carbocycles. The van der Waals surface area contributed by atoms with Crippen molar-refractivity contribution in [1.29, 1.82) is 0 Å². The molecule has 1 fully saturated rings. The van der Waals surface area contributed by atoms with Gasteiger partial charge in [-0.1, -0.05) is 36.4 Å². The number of pyridine rings is 1. The molecular formula is C21H26N4O2. The predicted octanol–water partition coefficient (Wildman–Crippen LogP) is 1.89. The normalized spacial score (nSPS) is 15.0. The highest BCUT2D eigenvalue weighted by Crippen LogP contribution is 2.19. The standard InChI is InChI=1S/C21H26N4O2/c26-19(23-13-7-15-25-14-6-11-20(25)27)16-24-21(17-8-2-1-3-9-17)18-10-4-5-12-22-18/h1-5,8-10,12,21,24H,6-7,11,13-16H2,(H,23,26). The molecule has 0 radical (unpaired) electrons. The summed E-state index contributed by atoms with van der Waals surface area (Å²) < 4.78 is 0. The van der Waals surface area contributed by atoms with Gasteiger partial charge < -0.3 is 10.2 Å². The first-order chi connectivity index (χ1) is 13.2. The van der Waals surface area contributed by atoms with Crippen molar-refractivity contribution in [3.05, 3.63) is 66.0 Å². The zero-order chi connectivity index (χ0) is 18.9. The number of hydrogen-bond donors (Lipinski definition) is 2. The summed E-state index contributed by atoms with van der Waals surface area (Å²) in [4.78, 5) is 30.1. The van der Waals surface area contributed by atoms with Crippen LogP contribution in [0.3, 0.4) is 0 Å². The topological polar surface area (TPSA) is 74.3 Å². The maximum Gasteiger partial charge on any atom is 0.233 e. The van der Waals surface area contributed by atoms with Gasteiger partial charge in [0, 0.05) is 32.3 Å². The second-order valence-electron chi connectivity index (χ2n) is 6.67. The number of carbonyl (C=O) groups excluding carboxylic acids is 2. The van der Waals surface area contributed by atoms with E-state index in [1.807, 2.05) is 53.4 Å². The maximum atomic E-state index is 12.2. The maximum absolute atomic E-state index is 12.2. The molecule has 0 bridgehead atoms. The van der Waals surface area contributed by atoms with Gasteiger partial charge in [-0.15, -0.1) is 0 Å². The molecule has 1 unspecified atom stereocenters. The number of rotatable bonds is 9. The number of nitrogens with zero attached hydrogens (tertiary/aromatic N) is 2. The van der Waals surface area contributed by atoms with Crippen LogP contribution < -0.4 is 10.6 Å². The zero-order valence-corrected chi connectivity index (χ0v) is 15.4. The molecule has 2 N–H and O–H groups in total. The first kappa shape index (κ1) is 19.0. The van der Waals surface area contributed by atoms with Gasteiger partial charge in [-0.05, 0) is 30.5 Å². The molecule has 2 amide bonds. The highest BCUT2D eigenvalue weighted by molar-refractivity contribution is 5.78. The molecular weight excluding hydrogens is 340 g/mol. The van der Waals surface area contributed by atoms with Crippen molar-refractivity contribution in [2.75, 3.05) is 26.2 Å². The van der Waals surface area contributed by atoms with E-state index in [-0.39, 0.29) is 24.4 Å². The Balaban J connectivity index is 1.47. The van der Waals surface area contributed by atoms with Gasteiger partial charge in [0.15, 0.2) is 0 Å². The van der Waals surface area contributed by atoms with Crippen molar-refractivity contribution in [3.8, 4) is 0 Å². The summed E-state index contributed by atoms with van der Waals surface area (Å²) in [5.74, 6) is 0.170. The molecule has 1 saturated heterocycles. The van der Waals surface area contributed by atoms with Crippen LogP contribution in [0, 0.1) is 0 Å². The highest BCUT2D eigenvalue weighted by atomic mass is 16.2. The van der Waals surface area contributed by atoms with Gasteiger partial charge in [0.25, 0.3) is 0 Å². The van der Waals surface area contributed by atoms with Crippen LogP contribution in [0.5, 0.6) is 0 Å². The highest BCUT2D eigenvalue weighted by Gasteiger charge is 2.19. The fourth-order valence-electron chi connectivity index (χ4n) is 3.28. The van der Waals surface area contributed by atoms with E-state index < -0.39 is 0 Å². The lowest BCUT2D eigenvalue weighted by Gasteiger charge is -2.19. The Bertz CT molecular complexity index is 697. The van der Waals surface area contributed by atoms with E-state index in [0.717, 1.165) is 30.6 Å². The van der Waals surface area contributed by atoms with Gasteiger partial charge in [-0.2, -0.15) is 0 Å². The van der Waals surface area contributed by atoms with Crippen molar-refractivity contribution < 1.29 is 9.59 Å². The lowest BCUT2D eigenvalue weighted by atomic mass is 10.0. The second kappa shape index (κ2) is 9.83. The summed E-state index contributed by atoms with van der Waals surface area (Å²) in [5.41, 5.74) is 1.94. The lowest BCUT2D eigenvalue weighted by molar-refractivity contribution is -0.127. The Morgan fingerprint density at radius 3 is 2.67 bits per heavy atom. The molecule has 0 spiro atoms. The molecule has 1 aromatic heterocycles. The molecule has 1 aliphatic heterocycles. The van der Waals surface area contributed by atoms with Crippen molar-refractivity contribution in [3.63, 3.8) is 0 Å². The van der Waals surface area contributed by atoms with Crippen LogP contribution in [0.25, 0.3) is 0 Å². The van der Waals surface area contributed by atoms with E-state index in [4.69, 9.17) is 0 Å². The van der Waals surface area contributed by atoms with Gasteiger partial charge in [0.2, 0.25) is 11.8 Å². The fourth-order valence-corrected chi connectivity index (χ4v) is 3.28. The summed E-state index contributed by atoms with van der Waals surface area (Å²) in [6.45, 7) is 2.34. The number of nitrogens with one attached hydrogen (secondary N) is 2. The van der Waals surface area contributed by atoms with Crippen LogP contribution >= 0.6 is 0 Å². The molecule has 1 aliphatic rings. The van der Waals surface area contributed by atoms with Crippen molar-refractivity contribution in [2.24, 2.45) is 0 Å². The summed E-state index contributed by atoms with van der Waals surface area (Å²) >= 11 is 0.